The molecule has 6 heterocycles. The third-order valence-electron chi connectivity index (χ3n) is 7.63. The van der Waals surface area contributed by atoms with Crippen molar-refractivity contribution < 1.29 is 0 Å². The average molecular weight is 542 g/mol. The second-order valence-electron chi connectivity index (χ2n) is 10.6. The molecule has 7 rings (SSSR count). The number of hydrogen-bond acceptors (Lipinski definition) is 7. The van der Waals surface area contributed by atoms with Crippen LogP contribution in [-0.2, 0) is 6.42 Å². The van der Waals surface area contributed by atoms with Gasteiger partial charge in [-0.05, 0) is 42.9 Å². The van der Waals surface area contributed by atoms with Gasteiger partial charge in [-0.2, -0.15) is 5.10 Å². The minimum atomic E-state index is 0.740. The number of likely N-dealkylation sites (N-methyl/N-ethyl adjacent to an activating group) is 1. The number of nitrogens with zero attached hydrogens (tertiary/aromatic N) is 6. The van der Waals surface area contributed by atoms with Crippen molar-refractivity contribution in [2.24, 2.45) is 0 Å². The molecule has 41 heavy (non-hydrogen) atoms. The Hall–Kier alpha value is -5.02. The molecule has 9 nitrogen and oxygen atoms in total. The van der Waals surface area contributed by atoms with Gasteiger partial charge in [-0.15, -0.1) is 0 Å². The molecule has 1 aliphatic rings. The standard InChI is InChI=1S/C32H31N9/c1-21(16-22-6-4-3-5-7-22)35-24-17-23(19-33-20-24)26-8-9-27-30(36-26)31(39-38-27)28-18-25-29(10-11-34-32(25)37-28)41-14-12-40(2)13-15-41/h3-11,17-20,35H,1,12-16H2,2H3,(H,34,37)(H,38,39). The maximum Gasteiger partial charge on any atom is 0.139 e. The van der Waals surface area contributed by atoms with Crippen LogP contribution in [0.3, 0.4) is 0 Å². The van der Waals surface area contributed by atoms with Gasteiger partial charge < -0.3 is 20.1 Å². The van der Waals surface area contributed by atoms with E-state index in [1.54, 1.807) is 6.20 Å². The maximum absolute atomic E-state index is 5.02. The van der Waals surface area contributed by atoms with E-state index in [9.17, 15) is 0 Å². The van der Waals surface area contributed by atoms with Crippen LogP contribution in [0, 0.1) is 0 Å². The number of nitrogens with one attached hydrogen (secondary N) is 3. The van der Waals surface area contributed by atoms with Crippen LogP contribution in [0.1, 0.15) is 5.56 Å². The Morgan fingerprint density at radius 3 is 2.71 bits per heavy atom. The molecule has 1 fully saturated rings. The molecule has 5 aromatic heterocycles. The summed E-state index contributed by atoms with van der Waals surface area (Å²) in [6.45, 7) is 8.28. The number of aromatic nitrogens is 6. The first-order valence-corrected chi connectivity index (χ1v) is 13.8. The lowest BCUT2D eigenvalue weighted by Gasteiger charge is -2.34. The Labute approximate surface area is 238 Å². The van der Waals surface area contributed by atoms with Crippen molar-refractivity contribution >= 4 is 33.4 Å². The number of H-pyrrole nitrogens is 2. The summed E-state index contributed by atoms with van der Waals surface area (Å²) < 4.78 is 0. The zero-order valence-electron chi connectivity index (χ0n) is 22.9. The van der Waals surface area contributed by atoms with Gasteiger partial charge in [-0.25, -0.2) is 9.97 Å². The number of aromatic amines is 2. The predicted octanol–water partition coefficient (Wildman–Crippen LogP) is 5.48. The second-order valence-corrected chi connectivity index (χ2v) is 10.6. The summed E-state index contributed by atoms with van der Waals surface area (Å²) in [5.74, 6) is 0. The third-order valence-corrected chi connectivity index (χ3v) is 7.63. The summed E-state index contributed by atoms with van der Waals surface area (Å²) in [6.07, 6.45) is 6.24. The topological polar surface area (TPSA) is 102 Å². The van der Waals surface area contributed by atoms with Gasteiger partial charge in [0.1, 0.15) is 16.9 Å². The van der Waals surface area contributed by atoms with Crippen molar-refractivity contribution in [3.05, 3.63) is 97.1 Å². The van der Waals surface area contributed by atoms with E-state index < -0.39 is 0 Å². The molecule has 0 atom stereocenters. The van der Waals surface area contributed by atoms with Gasteiger partial charge in [0.25, 0.3) is 0 Å². The van der Waals surface area contributed by atoms with E-state index in [0.717, 1.165) is 88.7 Å². The highest BCUT2D eigenvalue weighted by Gasteiger charge is 2.20. The molecule has 0 bridgehead atoms. The fourth-order valence-corrected chi connectivity index (χ4v) is 5.45. The van der Waals surface area contributed by atoms with Crippen LogP contribution in [0.2, 0.25) is 0 Å². The monoisotopic (exact) mass is 541 g/mol. The number of piperazine rings is 1. The van der Waals surface area contributed by atoms with Gasteiger partial charge in [0, 0.05) is 67.3 Å². The Kier molecular flexibility index (Phi) is 6.41. The molecule has 1 aliphatic heterocycles. The number of fused-ring (bicyclic) bond motifs is 2. The summed E-state index contributed by atoms with van der Waals surface area (Å²) in [7, 11) is 2.17. The molecule has 3 N–H and O–H groups in total. The Balaban J connectivity index is 1.18. The average Bonchev–Trinajstić information content (AvgIpc) is 3.62. The minimum Gasteiger partial charge on any atom is -0.368 e. The molecular formula is C32H31N9. The Bertz CT molecular complexity index is 1850. The number of benzene rings is 1. The number of hydrogen-bond donors (Lipinski definition) is 3. The lowest BCUT2D eigenvalue weighted by molar-refractivity contribution is 0.313. The van der Waals surface area contributed by atoms with E-state index in [4.69, 9.17) is 4.98 Å². The Morgan fingerprint density at radius 2 is 1.85 bits per heavy atom. The largest absolute Gasteiger partial charge is 0.368 e. The summed E-state index contributed by atoms with van der Waals surface area (Å²) in [4.78, 5) is 22.4. The zero-order valence-corrected chi connectivity index (χ0v) is 22.9. The van der Waals surface area contributed by atoms with Gasteiger partial charge in [0.15, 0.2) is 0 Å². The highest BCUT2D eigenvalue weighted by Crippen LogP contribution is 2.33. The first kappa shape index (κ1) is 25.0. The van der Waals surface area contributed by atoms with Crippen LogP contribution < -0.4 is 10.2 Å². The molecule has 0 unspecified atom stereocenters. The van der Waals surface area contributed by atoms with Crippen LogP contribution in [0.5, 0.6) is 0 Å². The molecule has 0 saturated carbocycles. The van der Waals surface area contributed by atoms with Gasteiger partial charge in [0.2, 0.25) is 0 Å². The Morgan fingerprint density at radius 1 is 1.00 bits per heavy atom. The van der Waals surface area contributed by atoms with E-state index in [2.05, 4.69) is 78.2 Å². The minimum absolute atomic E-state index is 0.740. The normalized spacial score (nSPS) is 14.1. The van der Waals surface area contributed by atoms with Gasteiger partial charge in [-0.1, -0.05) is 36.9 Å². The summed E-state index contributed by atoms with van der Waals surface area (Å²) >= 11 is 0. The lowest BCUT2D eigenvalue weighted by atomic mass is 10.1. The summed E-state index contributed by atoms with van der Waals surface area (Å²) in [5, 5.41) is 12.3. The number of pyridine rings is 3. The van der Waals surface area contributed by atoms with E-state index in [-0.39, 0.29) is 0 Å². The quantitative estimate of drug-likeness (QED) is 0.246. The molecular weight excluding hydrogens is 510 g/mol. The van der Waals surface area contributed by atoms with Crippen LogP contribution in [0.15, 0.2) is 91.5 Å². The smallest absolute Gasteiger partial charge is 0.139 e. The number of rotatable bonds is 7. The zero-order chi connectivity index (χ0) is 27.8. The van der Waals surface area contributed by atoms with Gasteiger partial charge >= 0.3 is 0 Å². The second kappa shape index (κ2) is 10.5. The SMILES string of the molecule is C=C(Cc1ccccc1)Nc1cncc(-c2ccc3[nH]nc(-c4cc5c(N6CCN(C)CC6)ccnc5[nH]4)c3n2)c1. The van der Waals surface area contributed by atoms with Gasteiger partial charge in [0.05, 0.1) is 28.8 Å². The molecule has 0 aliphatic carbocycles. The predicted molar refractivity (Wildman–Crippen MR) is 165 cm³/mol. The van der Waals surface area contributed by atoms with Gasteiger partial charge in [-0.3, -0.25) is 10.1 Å². The summed E-state index contributed by atoms with van der Waals surface area (Å²) in [5.41, 5.74) is 10.1. The highest BCUT2D eigenvalue weighted by atomic mass is 15.2. The first-order valence-electron chi connectivity index (χ1n) is 13.8. The van der Waals surface area contributed by atoms with Crippen LogP contribution in [0.25, 0.3) is 44.7 Å². The maximum atomic E-state index is 5.02. The number of allylic oxidation sites excluding steroid dienone is 1. The molecule has 1 saturated heterocycles. The fourth-order valence-electron chi connectivity index (χ4n) is 5.45. The van der Waals surface area contributed by atoms with Crippen molar-refractivity contribution in [2.75, 3.05) is 43.4 Å². The fraction of sp³-hybridized carbons (Fsp3) is 0.188. The van der Waals surface area contributed by atoms with Crippen LogP contribution >= 0.6 is 0 Å². The van der Waals surface area contributed by atoms with Crippen molar-refractivity contribution in [1.29, 1.82) is 0 Å². The van der Waals surface area contributed by atoms with Crippen molar-refractivity contribution in [2.45, 2.75) is 6.42 Å². The molecule has 0 spiro atoms. The third kappa shape index (κ3) is 5.03. The van der Waals surface area contributed by atoms with E-state index in [0.29, 0.717) is 0 Å². The van der Waals surface area contributed by atoms with Crippen molar-refractivity contribution in [3.63, 3.8) is 0 Å². The van der Waals surface area contributed by atoms with E-state index in [1.807, 2.05) is 48.8 Å². The van der Waals surface area contributed by atoms with Crippen LogP contribution in [0.4, 0.5) is 11.4 Å². The highest BCUT2D eigenvalue weighted by molar-refractivity contribution is 5.97. The van der Waals surface area contributed by atoms with Crippen molar-refractivity contribution in [1.82, 2.24) is 35.0 Å². The first-order chi connectivity index (χ1) is 20.1. The van der Waals surface area contributed by atoms with E-state index in [1.165, 1.54) is 11.3 Å². The molecule has 0 radical (unpaired) electrons. The molecule has 204 valence electrons. The molecule has 1 aromatic carbocycles. The van der Waals surface area contributed by atoms with Crippen LogP contribution in [-0.4, -0.2) is 68.3 Å². The summed E-state index contributed by atoms with van der Waals surface area (Å²) in [6, 6.07) is 20.6. The lowest BCUT2D eigenvalue weighted by Crippen LogP contribution is -2.44. The molecule has 9 heteroatoms. The van der Waals surface area contributed by atoms with E-state index >= 15 is 0 Å². The number of anilines is 2. The van der Waals surface area contributed by atoms with Crippen molar-refractivity contribution in [3.8, 4) is 22.6 Å². The molecule has 0 amide bonds. The molecule has 6 aromatic rings.